The molecule has 0 saturated carbocycles. The second kappa shape index (κ2) is 5.84. The van der Waals surface area contributed by atoms with Crippen LogP contribution in [0.5, 0.6) is 0 Å². The Kier molecular flexibility index (Phi) is 4.16. The molecule has 5 heteroatoms. The smallest absolute Gasteiger partial charge is 0.221 e. The lowest BCUT2D eigenvalue weighted by Crippen LogP contribution is -2.09. The minimum Gasteiger partial charge on any atom is -0.378 e. The Morgan fingerprint density at radius 3 is 2.84 bits per heavy atom. The molecule has 0 saturated heterocycles. The summed E-state index contributed by atoms with van der Waals surface area (Å²) < 4.78 is 0. The van der Waals surface area contributed by atoms with Gasteiger partial charge in [-0.05, 0) is 31.5 Å². The zero-order chi connectivity index (χ0) is 13.8. The number of thiazole rings is 1. The average molecular weight is 275 g/mol. The highest BCUT2D eigenvalue weighted by Gasteiger charge is 2.08. The second-order valence-electron chi connectivity index (χ2n) is 4.48. The van der Waals surface area contributed by atoms with Crippen LogP contribution in [0.1, 0.15) is 30.3 Å². The maximum Gasteiger partial charge on any atom is 0.221 e. The van der Waals surface area contributed by atoms with Gasteiger partial charge in [0.1, 0.15) is 0 Å². The number of benzene rings is 1. The van der Waals surface area contributed by atoms with Crippen molar-refractivity contribution in [1.82, 2.24) is 4.98 Å². The molecule has 0 aliphatic heterocycles. The van der Waals surface area contributed by atoms with Crippen molar-refractivity contribution in [2.24, 2.45) is 0 Å². The van der Waals surface area contributed by atoms with E-state index in [-0.39, 0.29) is 11.9 Å². The summed E-state index contributed by atoms with van der Waals surface area (Å²) in [6, 6.07) is 6.15. The average Bonchev–Trinajstić information content (AvgIpc) is 2.86. The predicted octanol–water partition coefficient (Wildman–Crippen LogP) is 3.58. The van der Waals surface area contributed by atoms with E-state index in [2.05, 4.69) is 22.5 Å². The molecule has 0 radical (unpaired) electrons. The van der Waals surface area contributed by atoms with Crippen molar-refractivity contribution in [2.45, 2.75) is 26.8 Å². The van der Waals surface area contributed by atoms with Crippen LogP contribution in [0, 0.1) is 6.92 Å². The number of aryl methyl sites for hydroxylation is 1. The number of aromatic nitrogens is 1. The number of carbonyl (C=O) groups is 1. The Labute approximate surface area is 116 Å². The first-order chi connectivity index (χ1) is 9.06. The number of hydrogen-bond donors (Lipinski definition) is 2. The van der Waals surface area contributed by atoms with Crippen LogP contribution in [-0.2, 0) is 4.79 Å². The summed E-state index contributed by atoms with van der Waals surface area (Å²) in [6.07, 6.45) is 1.87. The number of nitrogens with zero attached hydrogens (tertiary/aromatic N) is 1. The van der Waals surface area contributed by atoms with E-state index in [0.717, 1.165) is 16.9 Å². The Morgan fingerprint density at radius 2 is 2.21 bits per heavy atom. The monoisotopic (exact) mass is 275 g/mol. The molecule has 0 aliphatic rings. The van der Waals surface area contributed by atoms with Gasteiger partial charge in [-0.15, -0.1) is 11.3 Å². The molecule has 1 aromatic heterocycles. The fourth-order valence-corrected chi connectivity index (χ4v) is 2.42. The van der Waals surface area contributed by atoms with Crippen LogP contribution in [0.25, 0.3) is 0 Å². The molecule has 100 valence electrons. The Morgan fingerprint density at radius 1 is 1.42 bits per heavy atom. The van der Waals surface area contributed by atoms with Crippen molar-refractivity contribution in [1.29, 1.82) is 0 Å². The van der Waals surface area contributed by atoms with Gasteiger partial charge in [-0.3, -0.25) is 9.78 Å². The lowest BCUT2D eigenvalue weighted by Gasteiger charge is -2.15. The van der Waals surface area contributed by atoms with Crippen molar-refractivity contribution in [3.63, 3.8) is 0 Å². The number of rotatable bonds is 4. The maximum atomic E-state index is 11.1. The normalized spacial score (nSPS) is 11.9. The number of amides is 1. The van der Waals surface area contributed by atoms with Gasteiger partial charge in [-0.25, -0.2) is 0 Å². The molecule has 19 heavy (non-hydrogen) atoms. The Hall–Kier alpha value is -1.88. The lowest BCUT2D eigenvalue weighted by atomic mass is 10.1. The van der Waals surface area contributed by atoms with Crippen molar-refractivity contribution in [2.75, 3.05) is 10.6 Å². The highest BCUT2D eigenvalue weighted by molar-refractivity contribution is 7.09. The van der Waals surface area contributed by atoms with Crippen molar-refractivity contribution in [3.8, 4) is 0 Å². The third-order valence-electron chi connectivity index (χ3n) is 2.81. The Balaban J connectivity index is 2.14. The summed E-state index contributed by atoms with van der Waals surface area (Å²) in [6.45, 7) is 5.58. The van der Waals surface area contributed by atoms with E-state index in [1.54, 1.807) is 11.3 Å². The minimum absolute atomic E-state index is 0.0595. The summed E-state index contributed by atoms with van der Waals surface area (Å²) in [5, 5.41) is 6.24. The molecule has 0 bridgehead atoms. The van der Waals surface area contributed by atoms with E-state index in [1.807, 2.05) is 36.8 Å². The first-order valence-corrected chi connectivity index (χ1v) is 6.97. The maximum absolute atomic E-state index is 11.1. The molecule has 1 heterocycles. The lowest BCUT2D eigenvalue weighted by molar-refractivity contribution is -0.114. The van der Waals surface area contributed by atoms with Gasteiger partial charge in [0, 0.05) is 29.4 Å². The fraction of sp³-hybridized carbons (Fsp3) is 0.286. The third-order valence-corrected chi connectivity index (χ3v) is 3.77. The SMILES string of the molecule is CC(=O)Nc1cc(NC(C)c2cncs2)ccc1C. The number of anilines is 2. The molecule has 1 aromatic carbocycles. The molecule has 1 amide bonds. The largest absolute Gasteiger partial charge is 0.378 e. The quantitative estimate of drug-likeness (QED) is 0.896. The molecule has 0 fully saturated rings. The van der Waals surface area contributed by atoms with Gasteiger partial charge in [0.25, 0.3) is 0 Å². The van der Waals surface area contributed by atoms with Crippen LogP contribution in [0.2, 0.25) is 0 Å². The third kappa shape index (κ3) is 3.54. The molecule has 2 N–H and O–H groups in total. The van der Waals surface area contributed by atoms with Crippen LogP contribution in [0.3, 0.4) is 0 Å². The minimum atomic E-state index is -0.0595. The van der Waals surface area contributed by atoms with Crippen molar-refractivity contribution in [3.05, 3.63) is 40.3 Å². The van der Waals surface area contributed by atoms with Gasteiger partial charge in [-0.1, -0.05) is 6.07 Å². The summed E-state index contributed by atoms with van der Waals surface area (Å²) in [5.41, 5.74) is 4.70. The van der Waals surface area contributed by atoms with E-state index >= 15 is 0 Å². The van der Waals surface area contributed by atoms with Crippen LogP contribution in [0.15, 0.2) is 29.9 Å². The molecule has 1 atom stereocenters. The van der Waals surface area contributed by atoms with Gasteiger partial charge < -0.3 is 10.6 Å². The molecule has 0 aliphatic carbocycles. The van der Waals surface area contributed by atoms with Crippen LogP contribution >= 0.6 is 11.3 Å². The second-order valence-corrected chi connectivity index (χ2v) is 5.40. The predicted molar refractivity (Wildman–Crippen MR) is 79.6 cm³/mol. The summed E-state index contributed by atoms with van der Waals surface area (Å²) in [4.78, 5) is 16.4. The summed E-state index contributed by atoms with van der Waals surface area (Å²) in [7, 11) is 0. The van der Waals surface area contributed by atoms with Crippen LogP contribution in [-0.4, -0.2) is 10.9 Å². The van der Waals surface area contributed by atoms with Gasteiger partial charge in [-0.2, -0.15) is 0 Å². The molecule has 2 rings (SSSR count). The van der Waals surface area contributed by atoms with Gasteiger partial charge in [0.05, 0.1) is 11.6 Å². The molecule has 1 unspecified atom stereocenters. The summed E-state index contributed by atoms with van der Waals surface area (Å²) in [5.74, 6) is -0.0595. The topological polar surface area (TPSA) is 54.0 Å². The molecule has 0 spiro atoms. The molecular weight excluding hydrogens is 258 g/mol. The molecule has 2 aromatic rings. The fourth-order valence-electron chi connectivity index (χ4n) is 1.80. The number of carbonyl (C=O) groups excluding carboxylic acids is 1. The van der Waals surface area contributed by atoms with E-state index in [1.165, 1.54) is 11.8 Å². The van der Waals surface area contributed by atoms with E-state index < -0.39 is 0 Å². The first kappa shape index (κ1) is 13.5. The highest BCUT2D eigenvalue weighted by atomic mass is 32.1. The molecular formula is C14H17N3OS. The zero-order valence-corrected chi connectivity index (χ0v) is 12.0. The van der Waals surface area contributed by atoms with Crippen molar-refractivity contribution >= 4 is 28.6 Å². The zero-order valence-electron chi connectivity index (χ0n) is 11.2. The highest BCUT2D eigenvalue weighted by Crippen LogP contribution is 2.25. The van der Waals surface area contributed by atoms with Crippen molar-refractivity contribution < 1.29 is 4.79 Å². The van der Waals surface area contributed by atoms with E-state index in [9.17, 15) is 4.79 Å². The van der Waals surface area contributed by atoms with E-state index in [4.69, 9.17) is 0 Å². The number of nitrogens with one attached hydrogen (secondary N) is 2. The van der Waals surface area contributed by atoms with Crippen LogP contribution in [0.4, 0.5) is 11.4 Å². The van der Waals surface area contributed by atoms with Gasteiger partial charge in [0.2, 0.25) is 5.91 Å². The number of hydrogen-bond acceptors (Lipinski definition) is 4. The van der Waals surface area contributed by atoms with Gasteiger partial charge >= 0.3 is 0 Å². The Bertz CT molecular complexity index is 566. The first-order valence-electron chi connectivity index (χ1n) is 6.09. The van der Waals surface area contributed by atoms with Gasteiger partial charge in [0.15, 0.2) is 0 Å². The summed E-state index contributed by atoms with van der Waals surface area (Å²) >= 11 is 1.62. The van der Waals surface area contributed by atoms with Crippen LogP contribution < -0.4 is 10.6 Å². The standard InChI is InChI=1S/C14H17N3OS/c1-9-4-5-12(6-13(9)17-11(3)18)16-10(2)14-7-15-8-19-14/h4-8,10,16H,1-3H3,(H,17,18). The molecule has 4 nitrogen and oxygen atoms in total. The van der Waals surface area contributed by atoms with E-state index in [0.29, 0.717) is 0 Å².